The molecule has 1 heterocycles. The monoisotopic (exact) mass is 343 g/mol. The molecule has 0 saturated heterocycles. The van der Waals surface area contributed by atoms with Gasteiger partial charge in [-0.2, -0.15) is 13.2 Å². The number of halogens is 3. The van der Waals surface area contributed by atoms with E-state index in [1.165, 1.54) is 7.11 Å². The fraction of sp³-hybridized carbons (Fsp3) is 0.562. The van der Waals surface area contributed by atoms with Crippen LogP contribution in [0, 0.1) is 5.92 Å². The van der Waals surface area contributed by atoms with Gasteiger partial charge in [0.1, 0.15) is 11.6 Å². The number of methoxy groups -OCH3 is 1. The number of ether oxygens (including phenoxy) is 1. The Labute approximate surface area is 138 Å². The molecule has 1 fully saturated rings. The van der Waals surface area contributed by atoms with Crippen LogP contribution in [0.3, 0.4) is 0 Å². The van der Waals surface area contributed by atoms with Gasteiger partial charge in [-0.25, -0.2) is 14.8 Å². The second kappa shape index (κ2) is 7.19. The number of esters is 1. The maximum absolute atomic E-state index is 12.8. The topological polar surface area (TPSA) is 78.1 Å². The minimum Gasteiger partial charge on any atom is -0.464 e. The van der Waals surface area contributed by atoms with Gasteiger partial charge in [0.05, 0.1) is 13.0 Å². The third-order valence-electron chi connectivity index (χ3n) is 4.34. The number of carbonyl (C=O) groups is 1. The lowest BCUT2D eigenvalue weighted by Crippen LogP contribution is -2.28. The SMILES string of the molecule is C=CCc1c(N)nc(C2CCC(C(F)(F)F)CC2)nc1C(=O)OC. The molecule has 5 nitrogen and oxygen atoms in total. The molecule has 0 amide bonds. The fourth-order valence-corrected chi connectivity index (χ4v) is 2.99. The molecule has 24 heavy (non-hydrogen) atoms. The van der Waals surface area contributed by atoms with Gasteiger partial charge >= 0.3 is 12.1 Å². The van der Waals surface area contributed by atoms with Gasteiger partial charge in [0.15, 0.2) is 5.69 Å². The van der Waals surface area contributed by atoms with Gasteiger partial charge < -0.3 is 10.5 Å². The number of nitrogens with two attached hydrogens (primary N) is 1. The number of allylic oxidation sites excluding steroid dienone is 1. The number of anilines is 1. The van der Waals surface area contributed by atoms with Crippen LogP contribution in [0.25, 0.3) is 0 Å². The number of hydrogen-bond acceptors (Lipinski definition) is 5. The normalized spacial score (nSPS) is 21.3. The van der Waals surface area contributed by atoms with Crippen LogP contribution < -0.4 is 5.73 Å². The fourth-order valence-electron chi connectivity index (χ4n) is 2.99. The van der Waals surface area contributed by atoms with Gasteiger partial charge in [-0.15, -0.1) is 6.58 Å². The number of alkyl halides is 3. The van der Waals surface area contributed by atoms with E-state index in [9.17, 15) is 18.0 Å². The van der Waals surface area contributed by atoms with Crippen molar-refractivity contribution in [2.45, 2.75) is 44.2 Å². The van der Waals surface area contributed by atoms with Gasteiger partial charge in [-0.05, 0) is 32.1 Å². The molecule has 1 aliphatic carbocycles. The van der Waals surface area contributed by atoms with Crippen molar-refractivity contribution in [2.24, 2.45) is 5.92 Å². The third kappa shape index (κ3) is 3.85. The zero-order valence-corrected chi connectivity index (χ0v) is 13.4. The van der Waals surface area contributed by atoms with Crippen LogP contribution in [0.4, 0.5) is 19.0 Å². The van der Waals surface area contributed by atoms with E-state index in [1.807, 2.05) is 0 Å². The summed E-state index contributed by atoms with van der Waals surface area (Å²) in [7, 11) is 1.23. The summed E-state index contributed by atoms with van der Waals surface area (Å²) in [6, 6.07) is 0. The highest BCUT2D eigenvalue weighted by molar-refractivity contribution is 5.90. The van der Waals surface area contributed by atoms with Crippen LogP contribution in [0.1, 0.15) is 53.5 Å². The Hall–Kier alpha value is -2.12. The van der Waals surface area contributed by atoms with E-state index in [4.69, 9.17) is 10.5 Å². The first kappa shape index (κ1) is 18.2. The predicted molar refractivity (Wildman–Crippen MR) is 82.4 cm³/mol. The summed E-state index contributed by atoms with van der Waals surface area (Å²) in [5.74, 6) is -1.73. The van der Waals surface area contributed by atoms with Crippen molar-refractivity contribution in [2.75, 3.05) is 12.8 Å². The summed E-state index contributed by atoms with van der Waals surface area (Å²) >= 11 is 0. The van der Waals surface area contributed by atoms with Crippen molar-refractivity contribution in [1.82, 2.24) is 9.97 Å². The summed E-state index contributed by atoms with van der Waals surface area (Å²) in [6.45, 7) is 3.60. The minimum absolute atomic E-state index is 0.0272. The molecule has 132 valence electrons. The summed E-state index contributed by atoms with van der Waals surface area (Å²) in [6.07, 6.45) is -1.63. The number of carbonyl (C=O) groups excluding carboxylic acids is 1. The molecule has 1 aromatic rings. The second-order valence-electron chi connectivity index (χ2n) is 5.87. The maximum Gasteiger partial charge on any atom is 0.391 e. The van der Waals surface area contributed by atoms with Crippen LogP contribution in [-0.4, -0.2) is 29.2 Å². The first-order chi connectivity index (χ1) is 11.3. The van der Waals surface area contributed by atoms with Gasteiger partial charge in [0.25, 0.3) is 0 Å². The highest BCUT2D eigenvalue weighted by Gasteiger charge is 2.42. The molecule has 2 rings (SSSR count). The minimum atomic E-state index is -4.17. The Morgan fingerprint density at radius 1 is 1.33 bits per heavy atom. The van der Waals surface area contributed by atoms with Crippen molar-refractivity contribution >= 4 is 11.8 Å². The molecule has 0 atom stereocenters. The summed E-state index contributed by atoms with van der Waals surface area (Å²) in [5, 5.41) is 0. The summed E-state index contributed by atoms with van der Waals surface area (Å²) in [5.41, 5.74) is 6.39. The van der Waals surface area contributed by atoms with Gasteiger partial charge in [-0.3, -0.25) is 0 Å². The van der Waals surface area contributed by atoms with Gasteiger partial charge in [0.2, 0.25) is 0 Å². The molecule has 8 heteroatoms. The molecule has 0 spiro atoms. The van der Waals surface area contributed by atoms with E-state index >= 15 is 0 Å². The second-order valence-corrected chi connectivity index (χ2v) is 5.87. The smallest absolute Gasteiger partial charge is 0.391 e. The third-order valence-corrected chi connectivity index (χ3v) is 4.34. The predicted octanol–water partition coefficient (Wildman–Crippen LogP) is 3.41. The average molecular weight is 343 g/mol. The molecule has 1 aliphatic rings. The van der Waals surface area contributed by atoms with E-state index in [-0.39, 0.29) is 30.3 Å². The molecule has 0 aromatic carbocycles. The summed E-state index contributed by atoms with van der Waals surface area (Å²) < 4.78 is 43.0. The number of nitrogen functional groups attached to an aromatic ring is 1. The lowest BCUT2D eigenvalue weighted by atomic mass is 9.81. The number of nitrogens with zero attached hydrogens (tertiary/aromatic N) is 2. The molecular formula is C16H20F3N3O2. The van der Waals surface area contributed by atoms with Crippen molar-refractivity contribution in [3.05, 3.63) is 29.7 Å². The molecular weight excluding hydrogens is 323 g/mol. The molecule has 1 aromatic heterocycles. The lowest BCUT2D eigenvalue weighted by Gasteiger charge is -2.29. The number of hydrogen-bond donors (Lipinski definition) is 1. The number of aromatic nitrogens is 2. The van der Waals surface area contributed by atoms with Crippen LogP contribution >= 0.6 is 0 Å². The molecule has 2 N–H and O–H groups in total. The van der Waals surface area contributed by atoms with Gasteiger partial charge in [0, 0.05) is 11.5 Å². The van der Waals surface area contributed by atoms with Crippen LogP contribution in [-0.2, 0) is 11.2 Å². The highest BCUT2D eigenvalue weighted by Crippen LogP contribution is 2.42. The zero-order chi connectivity index (χ0) is 17.9. The first-order valence-corrected chi connectivity index (χ1v) is 7.70. The van der Waals surface area contributed by atoms with E-state index in [0.717, 1.165) is 0 Å². The van der Waals surface area contributed by atoms with Crippen molar-refractivity contribution in [3.8, 4) is 0 Å². The Balaban J connectivity index is 2.27. The largest absolute Gasteiger partial charge is 0.464 e. The maximum atomic E-state index is 12.8. The Morgan fingerprint density at radius 2 is 1.96 bits per heavy atom. The lowest BCUT2D eigenvalue weighted by molar-refractivity contribution is -0.182. The highest BCUT2D eigenvalue weighted by atomic mass is 19.4. The molecule has 1 saturated carbocycles. The quantitative estimate of drug-likeness (QED) is 0.669. The average Bonchev–Trinajstić information content (AvgIpc) is 2.55. The first-order valence-electron chi connectivity index (χ1n) is 7.70. The Bertz CT molecular complexity index is 624. The van der Waals surface area contributed by atoms with Crippen molar-refractivity contribution in [1.29, 1.82) is 0 Å². The van der Waals surface area contributed by atoms with E-state index < -0.39 is 18.1 Å². The van der Waals surface area contributed by atoms with Crippen LogP contribution in [0.5, 0.6) is 0 Å². The summed E-state index contributed by atoms with van der Waals surface area (Å²) in [4.78, 5) is 20.4. The molecule has 0 radical (unpaired) electrons. The van der Waals surface area contributed by atoms with E-state index in [1.54, 1.807) is 6.08 Å². The Morgan fingerprint density at radius 3 is 2.46 bits per heavy atom. The van der Waals surface area contributed by atoms with E-state index in [0.29, 0.717) is 30.7 Å². The standard InChI is InChI=1S/C16H20F3N3O2/c1-3-4-11-12(15(23)24-2)21-14(22-13(11)20)9-5-7-10(8-6-9)16(17,18)19/h3,9-10H,1,4-8H2,2H3,(H2,20,21,22). The van der Waals surface area contributed by atoms with E-state index in [2.05, 4.69) is 16.5 Å². The van der Waals surface area contributed by atoms with Crippen LogP contribution in [0.2, 0.25) is 0 Å². The van der Waals surface area contributed by atoms with Gasteiger partial charge in [-0.1, -0.05) is 6.08 Å². The van der Waals surface area contributed by atoms with Crippen LogP contribution in [0.15, 0.2) is 12.7 Å². The zero-order valence-electron chi connectivity index (χ0n) is 13.4. The Kier molecular flexibility index (Phi) is 5.46. The van der Waals surface area contributed by atoms with Crippen molar-refractivity contribution < 1.29 is 22.7 Å². The van der Waals surface area contributed by atoms with Crippen molar-refractivity contribution in [3.63, 3.8) is 0 Å². The molecule has 0 bridgehead atoms. The molecule has 0 aliphatic heterocycles. The molecule has 0 unspecified atom stereocenters. The number of rotatable bonds is 4.